The van der Waals surface area contributed by atoms with E-state index >= 15 is 0 Å². The monoisotopic (exact) mass is 1050 g/mol. The Hall–Kier alpha value is -7.08. The van der Waals surface area contributed by atoms with E-state index in [1.54, 1.807) is 46.2 Å². The van der Waals surface area contributed by atoms with Crippen LogP contribution in [0.25, 0.3) is 11.3 Å². The van der Waals surface area contributed by atoms with Gasteiger partial charge in [-0.15, -0.1) is 0 Å². The molecule has 0 unspecified atom stereocenters. The lowest BCUT2D eigenvalue weighted by Gasteiger charge is -2.29. The van der Waals surface area contributed by atoms with Crippen LogP contribution in [-0.4, -0.2) is 228 Å². The fourth-order valence-electron chi connectivity index (χ4n) is 7.79. The summed E-state index contributed by atoms with van der Waals surface area (Å²) >= 11 is 0. The fourth-order valence-corrected chi connectivity index (χ4v) is 7.79. The van der Waals surface area contributed by atoms with Crippen molar-refractivity contribution < 1.29 is 76.0 Å². The number of carbonyl (C=O) groups is 7. The van der Waals surface area contributed by atoms with Crippen LogP contribution in [-0.2, 0) is 33.6 Å². The number of rotatable bonds is 33. The molecule has 2 fully saturated rings. The highest BCUT2D eigenvalue weighted by atomic mass is 19.3. The smallest absolute Gasteiger partial charge is 0.317 e. The summed E-state index contributed by atoms with van der Waals surface area (Å²) in [6.07, 6.45) is 0.367. The summed E-state index contributed by atoms with van der Waals surface area (Å²) in [5.41, 5.74) is 3.52. The molecule has 0 saturated carbocycles. The van der Waals surface area contributed by atoms with Gasteiger partial charge in [0.15, 0.2) is 0 Å². The fraction of sp³-hybridized carbons (Fsp3) is 0.565. The van der Waals surface area contributed by atoms with Gasteiger partial charge >= 0.3 is 17.9 Å². The number of ether oxygens (including phenoxy) is 1. The molecule has 0 aliphatic carbocycles. The first kappa shape index (κ1) is 59.5. The molecule has 2 saturated heterocycles. The van der Waals surface area contributed by atoms with Crippen molar-refractivity contribution in [1.82, 2.24) is 50.9 Å². The Balaban J connectivity index is 1.36. The standard InChI is InChI=1S/C46H60F4N12O12/c47-45(48)20-34(22-51)61(30-45)38(63)24-56-44(72)33-7-8-55-37(19-33)32-3-5-36(6-4-32)73-17-1-11-60(12-2-18-74-57-25-39(64)62-31-46(49,50)21-35(62)23-52)40(65)28-58(13-9-53-26-41(66)67)15-16-59(29-43(70)71)14-10-54-27-42(68)69/h3-8,19,34-35,53-54,57H,1-2,9-18,20-21,24-31H2,(H,56,72)(H,66,67)(H,68,69)(H,70,71)/t34-,35-/m0/s1. The maximum atomic E-state index is 14.0. The molecule has 0 radical (unpaired) electrons. The van der Waals surface area contributed by atoms with Crippen molar-refractivity contribution in [2.45, 2.75) is 49.6 Å². The maximum absolute atomic E-state index is 14.0. The van der Waals surface area contributed by atoms with Crippen molar-refractivity contribution in [2.24, 2.45) is 0 Å². The van der Waals surface area contributed by atoms with Crippen molar-refractivity contribution in [1.29, 1.82) is 10.5 Å². The van der Waals surface area contributed by atoms with E-state index in [0.717, 1.165) is 9.80 Å². The van der Waals surface area contributed by atoms with E-state index in [-0.39, 0.29) is 110 Å². The second kappa shape index (κ2) is 29.6. The van der Waals surface area contributed by atoms with Crippen molar-refractivity contribution in [3.8, 4) is 29.1 Å². The molecule has 2 aliphatic rings. The Morgan fingerprint density at radius 2 is 1.24 bits per heavy atom. The number of benzene rings is 1. The van der Waals surface area contributed by atoms with Crippen LogP contribution in [0.4, 0.5) is 17.6 Å². The number of hydrogen-bond donors (Lipinski definition) is 7. The van der Waals surface area contributed by atoms with Crippen LogP contribution in [0, 0.1) is 22.7 Å². The van der Waals surface area contributed by atoms with Gasteiger partial charge in [-0.1, -0.05) is 0 Å². The first-order valence-corrected chi connectivity index (χ1v) is 23.4. The number of hydrogen-bond acceptors (Lipinski definition) is 17. The minimum Gasteiger partial charge on any atom is -0.494 e. The number of alkyl halides is 4. The highest BCUT2D eigenvalue weighted by molar-refractivity contribution is 5.97. The third kappa shape index (κ3) is 20.8. The number of pyridine rings is 1. The highest BCUT2D eigenvalue weighted by Crippen LogP contribution is 2.32. The third-order valence-corrected chi connectivity index (χ3v) is 11.5. The molecular weight excluding hydrogens is 989 g/mol. The summed E-state index contributed by atoms with van der Waals surface area (Å²) in [7, 11) is 0. The molecule has 0 spiro atoms. The molecule has 2 aliphatic heterocycles. The third-order valence-electron chi connectivity index (χ3n) is 11.5. The van der Waals surface area contributed by atoms with Crippen LogP contribution in [0.3, 0.4) is 0 Å². The van der Waals surface area contributed by atoms with Gasteiger partial charge in [-0.05, 0) is 49.2 Å². The van der Waals surface area contributed by atoms with E-state index in [1.807, 2.05) is 0 Å². The molecule has 2 atom stereocenters. The summed E-state index contributed by atoms with van der Waals surface area (Å²) in [4.78, 5) is 102. The first-order valence-electron chi connectivity index (χ1n) is 23.4. The lowest BCUT2D eigenvalue weighted by atomic mass is 10.1. The minimum absolute atomic E-state index is 0.0328. The lowest BCUT2D eigenvalue weighted by molar-refractivity contribution is -0.139. The Labute approximate surface area is 423 Å². The van der Waals surface area contributed by atoms with E-state index < -0.39 is 98.6 Å². The van der Waals surface area contributed by atoms with Gasteiger partial charge in [0.1, 0.15) is 24.4 Å². The predicted octanol–water partition coefficient (Wildman–Crippen LogP) is -0.456. The number of carboxylic acid groups (broad SMARTS) is 3. The molecule has 4 amide bonds. The van der Waals surface area contributed by atoms with E-state index in [9.17, 15) is 66.8 Å². The second-order valence-electron chi connectivity index (χ2n) is 17.3. The van der Waals surface area contributed by atoms with Crippen molar-refractivity contribution >= 4 is 41.5 Å². The number of aromatic nitrogens is 1. The Kier molecular flexibility index (Phi) is 23.8. The normalized spacial score (nSPS) is 16.6. The van der Waals surface area contributed by atoms with E-state index in [1.165, 1.54) is 23.2 Å². The minimum atomic E-state index is -3.20. The van der Waals surface area contributed by atoms with Gasteiger partial charge in [-0.2, -0.15) is 16.0 Å². The summed E-state index contributed by atoms with van der Waals surface area (Å²) in [5, 5.41) is 53.8. The van der Waals surface area contributed by atoms with Gasteiger partial charge in [0, 0.05) is 82.5 Å². The topological polar surface area (TPSA) is 323 Å². The lowest BCUT2D eigenvalue weighted by Crippen LogP contribution is -2.47. The summed E-state index contributed by atoms with van der Waals surface area (Å²) in [5.74, 6) is -11.9. The number of aliphatic carboxylic acids is 3. The number of likely N-dealkylation sites (tertiary alicyclic amines) is 2. The summed E-state index contributed by atoms with van der Waals surface area (Å²) in [6, 6.07) is 10.3. The first-order chi connectivity index (χ1) is 35.2. The van der Waals surface area contributed by atoms with Gasteiger partial charge in [-0.3, -0.25) is 48.3 Å². The van der Waals surface area contributed by atoms with Crippen LogP contribution >= 0.6 is 0 Å². The van der Waals surface area contributed by atoms with Crippen LogP contribution in [0.15, 0.2) is 42.6 Å². The van der Waals surface area contributed by atoms with Crippen molar-refractivity contribution in [3.63, 3.8) is 0 Å². The van der Waals surface area contributed by atoms with Gasteiger partial charge in [0.2, 0.25) is 17.7 Å². The van der Waals surface area contributed by atoms with Gasteiger partial charge in [0.05, 0.1) is 76.9 Å². The number of halogens is 4. The molecule has 2 aromatic rings. The molecule has 1 aromatic heterocycles. The van der Waals surface area contributed by atoms with Crippen LogP contribution < -0.4 is 26.2 Å². The maximum Gasteiger partial charge on any atom is 0.317 e. The van der Waals surface area contributed by atoms with E-state index in [0.29, 0.717) is 23.4 Å². The Morgan fingerprint density at radius 1 is 0.703 bits per heavy atom. The predicted molar refractivity (Wildman–Crippen MR) is 250 cm³/mol. The van der Waals surface area contributed by atoms with Gasteiger partial charge in [-0.25, -0.2) is 17.6 Å². The zero-order chi connectivity index (χ0) is 54.3. The molecule has 4 rings (SSSR count). The number of nitrogens with one attached hydrogen (secondary N) is 4. The van der Waals surface area contributed by atoms with Crippen LogP contribution in [0.1, 0.15) is 36.0 Å². The molecular formula is C46H60F4N12O12. The molecule has 404 valence electrons. The molecule has 28 heteroatoms. The SMILES string of the molecule is N#C[C@@H]1CC(F)(F)CN1C(=O)CNOCCCN(CCCOc1ccc(-c2cc(C(=O)NCC(=O)N3CC(F)(F)C[C@H]3C#N)ccn2)cc1)C(=O)CN(CCNCC(=O)O)CCN(CCNCC(=O)O)CC(=O)O. The van der Waals surface area contributed by atoms with Crippen LogP contribution in [0.2, 0.25) is 0 Å². The second-order valence-corrected chi connectivity index (χ2v) is 17.3. The number of nitrogens with zero attached hydrogens (tertiary/aromatic N) is 8. The Morgan fingerprint density at radius 3 is 1.78 bits per heavy atom. The zero-order valence-electron chi connectivity index (χ0n) is 40.4. The number of carboxylic acids is 3. The number of hydroxylamine groups is 1. The molecule has 24 nitrogen and oxygen atoms in total. The molecule has 1 aromatic carbocycles. The molecule has 0 bridgehead atoms. The molecule has 7 N–H and O–H groups in total. The number of amides is 4. The van der Waals surface area contributed by atoms with Crippen molar-refractivity contribution in [2.75, 3.05) is 118 Å². The molecule has 74 heavy (non-hydrogen) atoms. The van der Waals surface area contributed by atoms with Crippen molar-refractivity contribution in [3.05, 3.63) is 48.2 Å². The van der Waals surface area contributed by atoms with E-state index in [4.69, 9.17) is 19.8 Å². The summed E-state index contributed by atoms with van der Waals surface area (Å²) in [6.45, 7) is -2.75. The largest absolute Gasteiger partial charge is 0.494 e. The number of carbonyl (C=O) groups excluding carboxylic acids is 4. The van der Waals surface area contributed by atoms with Gasteiger partial charge in [0.25, 0.3) is 17.8 Å². The zero-order valence-corrected chi connectivity index (χ0v) is 40.4. The van der Waals surface area contributed by atoms with Gasteiger partial charge < -0.3 is 55.5 Å². The van der Waals surface area contributed by atoms with E-state index in [2.05, 4.69) is 26.4 Å². The summed E-state index contributed by atoms with van der Waals surface area (Å²) < 4.78 is 61.3. The average Bonchev–Trinajstić information content (AvgIpc) is 3.86. The highest BCUT2D eigenvalue weighted by Gasteiger charge is 2.48. The Bertz CT molecular complexity index is 2320. The quantitative estimate of drug-likeness (QED) is 0.0270. The molecule has 3 heterocycles. The average molecular weight is 1050 g/mol. The number of nitriles is 2. The van der Waals surface area contributed by atoms with Crippen LogP contribution in [0.5, 0.6) is 5.75 Å².